The molecule has 0 bridgehead atoms. The maximum absolute atomic E-state index is 4.37. The van der Waals surface area contributed by atoms with Crippen LogP contribution in [0.25, 0.3) is 33.4 Å². The van der Waals surface area contributed by atoms with E-state index in [9.17, 15) is 0 Å². The molecule has 23 heavy (non-hydrogen) atoms. The molecule has 0 spiro atoms. The monoisotopic (exact) mass is 370 g/mol. The Hall–Kier alpha value is -1.97. The first kappa shape index (κ1) is 15.9. The van der Waals surface area contributed by atoms with Gasteiger partial charge in [-0.05, 0) is 17.6 Å². The number of rotatable bonds is 2. The minimum Gasteiger partial charge on any atom is -0.362 e. The minimum absolute atomic E-state index is 0. The molecule has 3 nitrogen and oxygen atoms in total. The summed E-state index contributed by atoms with van der Waals surface area (Å²) in [5.41, 5.74) is 4.34. The molecule has 1 aromatic carbocycles. The second-order valence-corrected chi connectivity index (χ2v) is 4.91. The van der Waals surface area contributed by atoms with Gasteiger partial charge in [-0.3, -0.25) is 4.98 Å². The van der Waals surface area contributed by atoms with Crippen LogP contribution in [0.5, 0.6) is 0 Å². The molecular formula is C19H11N3Y-2. The molecule has 0 saturated heterocycles. The summed E-state index contributed by atoms with van der Waals surface area (Å²) in [5, 5.41) is 1.08. The fourth-order valence-electron chi connectivity index (χ4n) is 2.32. The Morgan fingerprint density at radius 1 is 0.696 bits per heavy atom. The van der Waals surface area contributed by atoms with E-state index in [1.54, 1.807) is 6.20 Å². The van der Waals surface area contributed by atoms with Crippen molar-refractivity contribution in [2.45, 2.75) is 0 Å². The van der Waals surface area contributed by atoms with E-state index < -0.39 is 0 Å². The molecular weight excluding hydrogens is 359 g/mol. The fraction of sp³-hybridized carbons (Fsp3) is 0. The first-order valence-electron chi connectivity index (χ1n) is 6.98. The van der Waals surface area contributed by atoms with E-state index >= 15 is 0 Å². The van der Waals surface area contributed by atoms with Crippen molar-refractivity contribution in [2.24, 2.45) is 0 Å². The van der Waals surface area contributed by atoms with Gasteiger partial charge in [0.2, 0.25) is 0 Å². The van der Waals surface area contributed by atoms with Gasteiger partial charge in [0.05, 0.1) is 0 Å². The number of nitrogens with zero attached hydrogens (tertiary/aromatic N) is 3. The quantitative estimate of drug-likeness (QED) is 0.502. The second kappa shape index (κ2) is 7.07. The molecule has 0 unspecified atom stereocenters. The van der Waals surface area contributed by atoms with E-state index in [1.165, 1.54) is 0 Å². The average molecular weight is 370 g/mol. The predicted octanol–water partition coefficient (Wildman–Crippen LogP) is 3.96. The first-order chi connectivity index (χ1) is 10.9. The molecule has 4 heteroatoms. The van der Waals surface area contributed by atoms with Gasteiger partial charge in [-0.25, -0.2) is 11.1 Å². The summed E-state index contributed by atoms with van der Waals surface area (Å²) in [7, 11) is 0. The smallest absolute Gasteiger partial charge is 0.0465 e. The Morgan fingerprint density at radius 2 is 1.52 bits per heavy atom. The summed E-state index contributed by atoms with van der Waals surface area (Å²) in [6.45, 7) is 0. The maximum atomic E-state index is 4.37. The van der Waals surface area contributed by atoms with Crippen LogP contribution in [0.3, 0.4) is 0 Å². The van der Waals surface area contributed by atoms with E-state index in [0.29, 0.717) is 0 Å². The first-order valence-corrected chi connectivity index (χ1v) is 6.98. The summed E-state index contributed by atoms with van der Waals surface area (Å²) < 4.78 is 0. The van der Waals surface area contributed by atoms with Gasteiger partial charge in [-0.2, -0.15) is 12.1 Å². The van der Waals surface area contributed by atoms with Gasteiger partial charge in [-0.1, -0.05) is 48.1 Å². The fourth-order valence-corrected chi connectivity index (χ4v) is 2.32. The van der Waals surface area contributed by atoms with E-state index in [4.69, 9.17) is 0 Å². The molecule has 0 aliphatic rings. The molecule has 4 rings (SSSR count). The molecule has 3 aromatic heterocycles. The van der Waals surface area contributed by atoms with Crippen LogP contribution >= 0.6 is 0 Å². The number of fused-ring (bicyclic) bond motifs is 1. The molecule has 107 valence electrons. The Morgan fingerprint density at radius 3 is 2.30 bits per heavy atom. The van der Waals surface area contributed by atoms with Crippen LogP contribution in [0.15, 0.2) is 66.9 Å². The molecule has 4 aromatic rings. The zero-order chi connectivity index (χ0) is 14.8. The predicted molar refractivity (Wildman–Crippen MR) is 85.9 cm³/mol. The minimum atomic E-state index is 0. The number of aromatic nitrogens is 3. The average Bonchev–Trinajstić information content (AvgIpc) is 2.62. The zero-order valence-electron chi connectivity index (χ0n) is 12.3. The van der Waals surface area contributed by atoms with Crippen molar-refractivity contribution < 1.29 is 32.7 Å². The van der Waals surface area contributed by atoms with Crippen molar-refractivity contribution in [2.75, 3.05) is 0 Å². The molecule has 0 aliphatic carbocycles. The van der Waals surface area contributed by atoms with E-state index in [0.717, 1.165) is 33.4 Å². The van der Waals surface area contributed by atoms with Gasteiger partial charge in [0.15, 0.2) is 0 Å². The van der Waals surface area contributed by atoms with Crippen LogP contribution in [0.2, 0.25) is 0 Å². The molecule has 0 amide bonds. The van der Waals surface area contributed by atoms with Crippen LogP contribution in [0, 0.1) is 12.4 Å². The number of pyridine rings is 3. The van der Waals surface area contributed by atoms with Crippen molar-refractivity contribution in [3.63, 3.8) is 0 Å². The van der Waals surface area contributed by atoms with Crippen molar-refractivity contribution in [3.8, 4) is 22.5 Å². The number of hydrogen-bond donors (Lipinski definition) is 0. The third-order valence-corrected chi connectivity index (χ3v) is 3.46. The largest absolute Gasteiger partial charge is 0.362 e. The molecule has 0 saturated carbocycles. The van der Waals surface area contributed by atoms with Gasteiger partial charge in [-0.15, -0.1) is 6.07 Å². The Kier molecular flexibility index (Phi) is 4.89. The van der Waals surface area contributed by atoms with E-state index in [2.05, 4.69) is 33.4 Å². The van der Waals surface area contributed by atoms with Crippen LogP contribution < -0.4 is 0 Å². The number of hydrogen-bond acceptors (Lipinski definition) is 3. The van der Waals surface area contributed by atoms with Crippen LogP contribution in [-0.4, -0.2) is 15.0 Å². The van der Waals surface area contributed by atoms with Crippen LogP contribution in [-0.2, 0) is 32.7 Å². The van der Waals surface area contributed by atoms with Crippen LogP contribution in [0.4, 0.5) is 0 Å². The molecule has 0 atom stereocenters. The van der Waals surface area contributed by atoms with E-state index in [-0.39, 0.29) is 32.7 Å². The SMILES string of the molecule is [Y].[c-]1nc(-c2ccccn2)ccc1-c1[c-]nc2ccccc2c1. The van der Waals surface area contributed by atoms with Gasteiger partial charge in [0.25, 0.3) is 0 Å². The van der Waals surface area contributed by atoms with E-state index in [1.807, 2.05) is 54.6 Å². The molecule has 3 heterocycles. The van der Waals surface area contributed by atoms with Crippen molar-refractivity contribution in [3.05, 3.63) is 79.3 Å². The number of benzene rings is 1. The van der Waals surface area contributed by atoms with Crippen molar-refractivity contribution in [1.29, 1.82) is 0 Å². The Labute approximate surface area is 159 Å². The van der Waals surface area contributed by atoms with Crippen LogP contribution in [0.1, 0.15) is 0 Å². The van der Waals surface area contributed by atoms with Gasteiger partial charge >= 0.3 is 0 Å². The molecule has 0 aliphatic heterocycles. The summed E-state index contributed by atoms with van der Waals surface area (Å²) in [5.74, 6) is 0. The maximum Gasteiger partial charge on any atom is 0.0465 e. The number of para-hydroxylation sites is 1. The summed E-state index contributed by atoms with van der Waals surface area (Å²) in [6, 6.07) is 19.7. The second-order valence-electron chi connectivity index (χ2n) is 4.91. The summed E-state index contributed by atoms with van der Waals surface area (Å²) in [4.78, 5) is 13.0. The molecule has 0 fully saturated rings. The van der Waals surface area contributed by atoms with Gasteiger partial charge in [0, 0.05) is 50.3 Å². The molecule has 1 radical (unpaired) electrons. The van der Waals surface area contributed by atoms with Gasteiger partial charge in [0.1, 0.15) is 0 Å². The molecule has 0 N–H and O–H groups in total. The summed E-state index contributed by atoms with van der Waals surface area (Å²) in [6.07, 6.45) is 7.86. The third kappa shape index (κ3) is 3.36. The normalized spacial score (nSPS) is 10.3. The standard InChI is InChI=1S/C19H11N3.Y/c1-2-6-17-14(5-1)11-16(13-21-17)15-8-9-19(22-12-15)18-7-3-4-10-20-18;/h1-11H;/q-2;. The Balaban J connectivity index is 0.00000156. The Bertz CT molecular complexity index is 922. The van der Waals surface area contributed by atoms with Crippen molar-refractivity contribution >= 4 is 10.9 Å². The summed E-state index contributed by atoms with van der Waals surface area (Å²) >= 11 is 0. The third-order valence-electron chi connectivity index (χ3n) is 3.46. The zero-order valence-corrected chi connectivity index (χ0v) is 15.1. The van der Waals surface area contributed by atoms with Crippen molar-refractivity contribution in [1.82, 2.24) is 15.0 Å². The van der Waals surface area contributed by atoms with Gasteiger partial charge < -0.3 is 9.97 Å². The topological polar surface area (TPSA) is 38.7 Å².